The number of fused-ring (bicyclic) bond motifs is 1. The standard InChI is InChI=1S/C19H24N4O3/c24-19-16(13-20-11-14-5-3-9-25-14)18(21-12-15-6-4-10-26-15)22-17-7-1-2-8-23(17)19/h1-2,7-8,13-15,21H,3-6,9-12H2/t14-,15+/m1/s1. The Morgan fingerprint density at radius 1 is 1.23 bits per heavy atom. The third-order valence-corrected chi connectivity index (χ3v) is 4.84. The highest BCUT2D eigenvalue weighted by atomic mass is 16.5. The number of nitrogens with one attached hydrogen (secondary N) is 1. The molecule has 7 heteroatoms. The van der Waals surface area contributed by atoms with E-state index in [1.165, 1.54) is 0 Å². The van der Waals surface area contributed by atoms with Crippen LogP contribution in [0.1, 0.15) is 31.2 Å². The fourth-order valence-corrected chi connectivity index (χ4v) is 3.42. The minimum atomic E-state index is -0.124. The van der Waals surface area contributed by atoms with Crippen molar-refractivity contribution in [1.82, 2.24) is 9.38 Å². The zero-order chi connectivity index (χ0) is 17.8. The zero-order valence-corrected chi connectivity index (χ0v) is 14.8. The molecule has 0 spiro atoms. The van der Waals surface area contributed by atoms with E-state index < -0.39 is 0 Å². The lowest BCUT2D eigenvalue weighted by Gasteiger charge is -2.14. The molecule has 7 nitrogen and oxygen atoms in total. The first kappa shape index (κ1) is 17.2. The molecule has 26 heavy (non-hydrogen) atoms. The highest BCUT2D eigenvalue weighted by Crippen LogP contribution is 2.15. The number of hydrogen-bond donors (Lipinski definition) is 1. The molecular weight excluding hydrogens is 332 g/mol. The maximum absolute atomic E-state index is 12.9. The lowest BCUT2D eigenvalue weighted by molar-refractivity contribution is 0.118. The zero-order valence-electron chi connectivity index (χ0n) is 14.8. The molecule has 0 aromatic carbocycles. The normalized spacial score (nSPS) is 23.2. The van der Waals surface area contributed by atoms with E-state index in [0.717, 1.165) is 38.9 Å². The van der Waals surface area contributed by atoms with Gasteiger partial charge in [-0.25, -0.2) is 4.98 Å². The van der Waals surface area contributed by atoms with Crippen LogP contribution in [0.15, 0.2) is 34.2 Å². The van der Waals surface area contributed by atoms with Gasteiger partial charge in [-0.05, 0) is 37.8 Å². The van der Waals surface area contributed by atoms with Crippen LogP contribution >= 0.6 is 0 Å². The Hall–Kier alpha value is -2.25. The van der Waals surface area contributed by atoms with Gasteiger partial charge in [-0.2, -0.15) is 0 Å². The summed E-state index contributed by atoms with van der Waals surface area (Å²) < 4.78 is 12.8. The van der Waals surface area contributed by atoms with E-state index in [0.29, 0.717) is 30.1 Å². The summed E-state index contributed by atoms with van der Waals surface area (Å²) in [4.78, 5) is 22.0. The fraction of sp³-hybridized carbons (Fsp3) is 0.526. The molecule has 0 unspecified atom stereocenters. The van der Waals surface area contributed by atoms with Crippen molar-refractivity contribution in [3.63, 3.8) is 0 Å². The topological polar surface area (TPSA) is 77.2 Å². The van der Waals surface area contributed by atoms with Gasteiger partial charge < -0.3 is 14.8 Å². The third kappa shape index (κ3) is 3.78. The summed E-state index contributed by atoms with van der Waals surface area (Å²) in [7, 11) is 0. The molecule has 0 saturated carbocycles. The van der Waals surface area contributed by atoms with Gasteiger partial charge >= 0.3 is 0 Å². The van der Waals surface area contributed by atoms with Crippen LogP contribution in [0.4, 0.5) is 5.82 Å². The van der Waals surface area contributed by atoms with E-state index in [4.69, 9.17) is 9.47 Å². The van der Waals surface area contributed by atoms with Crippen LogP contribution in [-0.2, 0) is 9.47 Å². The van der Waals surface area contributed by atoms with Crippen molar-refractivity contribution in [2.45, 2.75) is 37.9 Å². The molecule has 2 aliphatic rings. The Bertz CT molecular complexity index is 836. The first-order valence-electron chi connectivity index (χ1n) is 9.29. The van der Waals surface area contributed by atoms with E-state index >= 15 is 0 Å². The number of aromatic nitrogens is 2. The minimum Gasteiger partial charge on any atom is -0.376 e. The quantitative estimate of drug-likeness (QED) is 0.800. The Balaban J connectivity index is 1.60. The molecule has 2 aliphatic heterocycles. The highest BCUT2D eigenvalue weighted by Gasteiger charge is 2.18. The second-order valence-electron chi connectivity index (χ2n) is 6.75. The van der Waals surface area contributed by atoms with Crippen molar-refractivity contribution in [3.8, 4) is 0 Å². The van der Waals surface area contributed by atoms with Gasteiger partial charge in [0.1, 0.15) is 17.0 Å². The fourth-order valence-electron chi connectivity index (χ4n) is 3.42. The predicted octanol–water partition coefficient (Wildman–Crippen LogP) is 1.88. The molecule has 0 bridgehead atoms. The van der Waals surface area contributed by atoms with E-state index in [1.807, 2.05) is 18.2 Å². The summed E-state index contributed by atoms with van der Waals surface area (Å²) in [5, 5.41) is 3.29. The smallest absolute Gasteiger partial charge is 0.268 e. The molecule has 2 fully saturated rings. The summed E-state index contributed by atoms with van der Waals surface area (Å²) >= 11 is 0. The SMILES string of the molecule is O=c1c(C=NC[C@H]2CCCO2)c(NC[C@@H]2CCCO2)nc2ccccn12. The Morgan fingerprint density at radius 2 is 2.04 bits per heavy atom. The lowest BCUT2D eigenvalue weighted by Crippen LogP contribution is -2.25. The maximum atomic E-state index is 12.9. The van der Waals surface area contributed by atoms with Crippen LogP contribution < -0.4 is 10.9 Å². The predicted molar refractivity (Wildman–Crippen MR) is 100 cm³/mol. The van der Waals surface area contributed by atoms with Crippen molar-refractivity contribution in [2.24, 2.45) is 4.99 Å². The Kier molecular flexibility index (Phi) is 5.26. The average molecular weight is 356 g/mol. The number of anilines is 1. The molecule has 1 N–H and O–H groups in total. The van der Waals surface area contributed by atoms with Gasteiger partial charge in [0.2, 0.25) is 0 Å². The summed E-state index contributed by atoms with van der Waals surface area (Å²) in [6.07, 6.45) is 7.90. The molecule has 0 aliphatic carbocycles. The van der Waals surface area contributed by atoms with Crippen LogP contribution in [0, 0.1) is 0 Å². The Morgan fingerprint density at radius 3 is 2.81 bits per heavy atom. The van der Waals surface area contributed by atoms with Crippen LogP contribution in [-0.4, -0.2) is 54.1 Å². The molecule has 138 valence electrons. The molecule has 2 aromatic heterocycles. The van der Waals surface area contributed by atoms with E-state index in [9.17, 15) is 4.79 Å². The first-order valence-corrected chi connectivity index (χ1v) is 9.29. The van der Waals surface area contributed by atoms with Crippen LogP contribution in [0.3, 0.4) is 0 Å². The second kappa shape index (κ2) is 7.97. The van der Waals surface area contributed by atoms with E-state index in [-0.39, 0.29) is 17.8 Å². The van der Waals surface area contributed by atoms with Crippen LogP contribution in [0.2, 0.25) is 0 Å². The number of rotatable bonds is 6. The number of nitrogens with zero attached hydrogens (tertiary/aromatic N) is 3. The number of ether oxygens (including phenoxy) is 2. The number of aliphatic imine (C=N–C) groups is 1. The highest BCUT2D eigenvalue weighted by molar-refractivity contribution is 5.86. The van der Waals surface area contributed by atoms with Gasteiger partial charge in [0.05, 0.1) is 18.8 Å². The monoisotopic (exact) mass is 356 g/mol. The summed E-state index contributed by atoms with van der Waals surface area (Å²) in [5.74, 6) is 0.563. The van der Waals surface area contributed by atoms with Gasteiger partial charge in [0, 0.05) is 32.2 Å². The molecule has 0 radical (unpaired) electrons. The number of pyridine rings is 1. The summed E-state index contributed by atoms with van der Waals surface area (Å²) in [5.41, 5.74) is 0.967. The van der Waals surface area contributed by atoms with Crippen molar-refractivity contribution in [3.05, 3.63) is 40.3 Å². The average Bonchev–Trinajstić information content (AvgIpc) is 3.36. The molecule has 0 amide bonds. The number of hydrogen-bond acceptors (Lipinski definition) is 6. The van der Waals surface area contributed by atoms with Gasteiger partial charge in [-0.3, -0.25) is 14.2 Å². The van der Waals surface area contributed by atoms with Crippen molar-refractivity contribution < 1.29 is 9.47 Å². The van der Waals surface area contributed by atoms with Gasteiger partial charge in [0.25, 0.3) is 5.56 Å². The van der Waals surface area contributed by atoms with Crippen LogP contribution in [0.5, 0.6) is 0 Å². The molecule has 4 heterocycles. The van der Waals surface area contributed by atoms with E-state index in [2.05, 4.69) is 15.3 Å². The van der Waals surface area contributed by atoms with Crippen molar-refractivity contribution in [1.29, 1.82) is 0 Å². The third-order valence-electron chi connectivity index (χ3n) is 4.84. The molecule has 2 aromatic rings. The van der Waals surface area contributed by atoms with Gasteiger partial charge in [0.15, 0.2) is 0 Å². The lowest BCUT2D eigenvalue weighted by atomic mass is 10.2. The Labute approximate surface area is 152 Å². The molecular formula is C19H24N4O3. The van der Waals surface area contributed by atoms with Crippen LogP contribution in [0.25, 0.3) is 5.65 Å². The summed E-state index contributed by atoms with van der Waals surface area (Å²) in [6, 6.07) is 5.52. The van der Waals surface area contributed by atoms with Crippen molar-refractivity contribution >= 4 is 17.7 Å². The summed E-state index contributed by atoms with van der Waals surface area (Å²) in [6.45, 7) is 2.81. The van der Waals surface area contributed by atoms with Crippen molar-refractivity contribution in [2.75, 3.05) is 31.6 Å². The molecule has 2 saturated heterocycles. The second-order valence-corrected chi connectivity index (χ2v) is 6.75. The molecule has 4 rings (SSSR count). The van der Waals surface area contributed by atoms with E-state index in [1.54, 1.807) is 16.8 Å². The van der Waals surface area contributed by atoms with Gasteiger partial charge in [-0.15, -0.1) is 0 Å². The van der Waals surface area contributed by atoms with Gasteiger partial charge in [-0.1, -0.05) is 6.07 Å². The molecule has 2 atom stereocenters. The first-order chi connectivity index (χ1) is 12.8. The maximum Gasteiger partial charge on any atom is 0.268 e. The largest absolute Gasteiger partial charge is 0.376 e. The minimum absolute atomic E-state index is 0.124.